The van der Waals surface area contributed by atoms with Crippen LogP contribution in [0, 0.1) is 0 Å². The van der Waals surface area contributed by atoms with E-state index in [4.69, 9.17) is 34.0 Å². The van der Waals surface area contributed by atoms with E-state index in [1.807, 2.05) is 0 Å². The van der Waals surface area contributed by atoms with Crippen LogP contribution in [-0.2, 0) is 24.1 Å². The Morgan fingerprint density at radius 1 is 1.53 bits per heavy atom. The Bertz CT molecular complexity index is 410. The molecule has 0 fully saturated rings. The summed E-state index contributed by atoms with van der Waals surface area (Å²) in [6.45, 7) is 0. The summed E-state index contributed by atoms with van der Waals surface area (Å²) in [6.07, 6.45) is 1.60. The topological polar surface area (TPSA) is 76.2 Å². The van der Waals surface area contributed by atoms with Crippen LogP contribution in [0.3, 0.4) is 0 Å². The zero-order chi connectivity index (χ0) is 12.6. The van der Waals surface area contributed by atoms with Crippen molar-refractivity contribution in [3.63, 3.8) is 0 Å². The Hall–Kier alpha value is -0.360. The summed E-state index contributed by atoms with van der Waals surface area (Å²) in [5.41, 5.74) is 6.42. The molecule has 2 unspecified atom stereocenters. The number of rotatable bonds is 3. The van der Waals surface area contributed by atoms with Crippen molar-refractivity contribution in [2.24, 2.45) is 5.73 Å². The Balaban J connectivity index is 2.13. The third-order valence-corrected chi connectivity index (χ3v) is 4.88. The molecule has 1 heterocycles. The van der Waals surface area contributed by atoms with Gasteiger partial charge in [-0.2, -0.15) is 0 Å². The molecule has 0 aliphatic heterocycles. The third kappa shape index (κ3) is 2.91. The van der Waals surface area contributed by atoms with E-state index < -0.39 is 12.0 Å². The second-order valence-electron chi connectivity index (χ2n) is 4.07. The zero-order valence-electron chi connectivity index (χ0n) is 8.90. The van der Waals surface area contributed by atoms with Crippen molar-refractivity contribution in [2.45, 2.75) is 36.1 Å². The molecule has 0 saturated carbocycles. The standard InChI is InChI=1S/C10H12Cl2N2O2S/c11-4-1-7-8(2-5(4)12)17-9(14-7)3-6(13)10(15)16/h4-6H,1-3,13H2,(H,15,16)/t4?,5?,6-/m1/s1. The average molecular weight is 295 g/mol. The number of fused-ring (bicyclic) bond motifs is 1. The molecule has 0 saturated heterocycles. The molecular formula is C10H12Cl2N2O2S. The van der Waals surface area contributed by atoms with Gasteiger partial charge in [0.15, 0.2) is 0 Å². The second-order valence-corrected chi connectivity index (χ2v) is 6.36. The lowest BCUT2D eigenvalue weighted by Crippen LogP contribution is -2.32. The molecule has 0 bridgehead atoms. The molecule has 0 spiro atoms. The van der Waals surface area contributed by atoms with Gasteiger partial charge in [-0.15, -0.1) is 34.5 Å². The molecule has 0 amide bonds. The predicted octanol–water partition coefficient (Wildman–Crippen LogP) is 1.41. The van der Waals surface area contributed by atoms with Crippen LogP contribution in [0.1, 0.15) is 15.6 Å². The summed E-state index contributed by atoms with van der Waals surface area (Å²) in [4.78, 5) is 16.2. The maximum Gasteiger partial charge on any atom is 0.320 e. The highest BCUT2D eigenvalue weighted by molar-refractivity contribution is 7.11. The van der Waals surface area contributed by atoms with Gasteiger partial charge in [-0.25, -0.2) is 4.98 Å². The first kappa shape index (κ1) is 13.1. The molecule has 1 aromatic rings. The number of carboxylic acid groups (broad SMARTS) is 1. The van der Waals surface area contributed by atoms with Gasteiger partial charge in [0, 0.05) is 24.1 Å². The third-order valence-electron chi connectivity index (χ3n) is 2.70. The molecule has 4 nitrogen and oxygen atoms in total. The summed E-state index contributed by atoms with van der Waals surface area (Å²) >= 11 is 13.7. The summed E-state index contributed by atoms with van der Waals surface area (Å²) < 4.78 is 0. The molecule has 0 aromatic carbocycles. The van der Waals surface area contributed by atoms with E-state index in [0.29, 0.717) is 12.8 Å². The average Bonchev–Trinajstić information content (AvgIpc) is 2.60. The van der Waals surface area contributed by atoms with E-state index in [1.54, 1.807) is 0 Å². The quantitative estimate of drug-likeness (QED) is 0.827. The molecule has 3 atom stereocenters. The van der Waals surface area contributed by atoms with Crippen LogP contribution in [0.15, 0.2) is 0 Å². The molecule has 17 heavy (non-hydrogen) atoms. The van der Waals surface area contributed by atoms with Gasteiger partial charge in [-0.05, 0) is 0 Å². The Kier molecular flexibility index (Phi) is 3.92. The van der Waals surface area contributed by atoms with Crippen molar-refractivity contribution in [3.05, 3.63) is 15.6 Å². The van der Waals surface area contributed by atoms with Gasteiger partial charge in [0.2, 0.25) is 0 Å². The van der Waals surface area contributed by atoms with Crippen molar-refractivity contribution in [1.82, 2.24) is 4.98 Å². The molecular weight excluding hydrogens is 283 g/mol. The fourth-order valence-electron chi connectivity index (χ4n) is 1.74. The zero-order valence-corrected chi connectivity index (χ0v) is 11.2. The highest BCUT2D eigenvalue weighted by Crippen LogP contribution is 2.32. The number of hydrogen-bond donors (Lipinski definition) is 2. The predicted molar refractivity (Wildman–Crippen MR) is 68.1 cm³/mol. The highest BCUT2D eigenvalue weighted by atomic mass is 35.5. The summed E-state index contributed by atoms with van der Waals surface area (Å²) in [6, 6.07) is -0.902. The van der Waals surface area contributed by atoms with Crippen LogP contribution in [0.4, 0.5) is 0 Å². The number of halogens is 2. The van der Waals surface area contributed by atoms with Gasteiger partial charge in [0.1, 0.15) is 6.04 Å². The minimum Gasteiger partial charge on any atom is -0.480 e. The van der Waals surface area contributed by atoms with E-state index in [-0.39, 0.29) is 17.2 Å². The maximum atomic E-state index is 10.7. The Labute approximate surface area is 113 Å². The molecule has 2 rings (SSSR count). The van der Waals surface area contributed by atoms with E-state index in [2.05, 4.69) is 4.98 Å². The minimum absolute atomic E-state index is 0.0781. The van der Waals surface area contributed by atoms with Gasteiger partial charge in [-0.1, -0.05) is 0 Å². The van der Waals surface area contributed by atoms with Gasteiger partial charge < -0.3 is 10.8 Å². The molecule has 1 aliphatic rings. The fraction of sp³-hybridized carbons (Fsp3) is 0.600. The molecule has 1 aliphatic carbocycles. The molecule has 3 N–H and O–H groups in total. The van der Waals surface area contributed by atoms with Crippen molar-refractivity contribution >= 4 is 40.5 Å². The fourth-order valence-corrected chi connectivity index (χ4v) is 3.52. The number of thiazole rings is 1. The van der Waals surface area contributed by atoms with Gasteiger partial charge in [0.25, 0.3) is 0 Å². The monoisotopic (exact) mass is 294 g/mol. The summed E-state index contributed by atoms with van der Waals surface area (Å²) in [7, 11) is 0. The van der Waals surface area contributed by atoms with Crippen molar-refractivity contribution in [3.8, 4) is 0 Å². The lowest BCUT2D eigenvalue weighted by Gasteiger charge is -2.20. The van der Waals surface area contributed by atoms with Gasteiger partial charge in [-0.3, -0.25) is 4.79 Å². The maximum absolute atomic E-state index is 10.7. The first-order chi connectivity index (χ1) is 7.97. The van der Waals surface area contributed by atoms with Crippen LogP contribution < -0.4 is 5.73 Å². The van der Waals surface area contributed by atoms with Crippen molar-refractivity contribution < 1.29 is 9.90 Å². The van der Waals surface area contributed by atoms with Crippen molar-refractivity contribution in [2.75, 3.05) is 0 Å². The first-order valence-electron chi connectivity index (χ1n) is 5.21. The van der Waals surface area contributed by atoms with Crippen LogP contribution in [-0.4, -0.2) is 32.9 Å². The number of hydrogen-bond acceptors (Lipinski definition) is 4. The van der Waals surface area contributed by atoms with Crippen LogP contribution in [0.2, 0.25) is 0 Å². The van der Waals surface area contributed by atoms with Crippen LogP contribution >= 0.6 is 34.5 Å². The largest absolute Gasteiger partial charge is 0.480 e. The normalized spacial score (nSPS) is 25.4. The Morgan fingerprint density at radius 3 is 2.82 bits per heavy atom. The van der Waals surface area contributed by atoms with Crippen LogP contribution in [0.5, 0.6) is 0 Å². The molecule has 0 radical (unpaired) electrons. The first-order valence-corrected chi connectivity index (χ1v) is 6.90. The smallest absolute Gasteiger partial charge is 0.320 e. The van der Waals surface area contributed by atoms with Crippen molar-refractivity contribution in [1.29, 1.82) is 0 Å². The summed E-state index contributed by atoms with van der Waals surface area (Å²) in [5, 5.41) is 9.31. The number of nitrogens with two attached hydrogens (primary N) is 1. The van der Waals surface area contributed by atoms with E-state index in [1.165, 1.54) is 11.3 Å². The lowest BCUT2D eigenvalue weighted by molar-refractivity contribution is -0.138. The van der Waals surface area contributed by atoms with E-state index in [0.717, 1.165) is 15.6 Å². The number of nitrogens with zero attached hydrogens (tertiary/aromatic N) is 1. The van der Waals surface area contributed by atoms with Crippen LogP contribution in [0.25, 0.3) is 0 Å². The number of carboxylic acids is 1. The lowest BCUT2D eigenvalue weighted by atomic mass is 10.0. The molecule has 94 valence electrons. The number of aliphatic carboxylic acids is 1. The van der Waals surface area contributed by atoms with E-state index in [9.17, 15) is 4.79 Å². The summed E-state index contributed by atoms with van der Waals surface area (Å²) in [5.74, 6) is -1.01. The van der Waals surface area contributed by atoms with Gasteiger partial charge in [0.05, 0.1) is 21.5 Å². The second kappa shape index (κ2) is 5.10. The SMILES string of the molecule is N[C@H](Cc1nc2c(s1)CC(Cl)C(Cl)C2)C(=O)O. The molecule has 7 heteroatoms. The van der Waals surface area contributed by atoms with Gasteiger partial charge >= 0.3 is 5.97 Å². The number of aromatic nitrogens is 1. The van der Waals surface area contributed by atoms with E-state index >= 15 is 0 Å². The minimum atomic E-state index is -1.01. The molecule has 1 aromatic heterocycles. The Morgan fingerprint density at radius 2 is 2.18 bits per heavy atom. The number of alkyl halides is 2. The highest BCUT2D eigenvalue weighted by Gasteiger charge is 2.28. The number of carbonyl (C=O) groups is 1.